The molecule has 0 radical (unpaired) electrons. The van der Waals surface area contributed by atoms with Gasteiger partial charge < -0.3 is 4.74 Å². The van der Waals surface area contributed by atoms with Crippen molar-refractivity contribution in [2.24, 2.45) is 5.92 Å². The molecular weight excluding hydrogens is 297 g/mol. The molecule has 0 amide bonds. The second-order valence-electron chi connectivity index (χ2n) is 4.00. The number of halogens is 4. The summed E-state index contributed by atoms with van der Waals surface area (Å²) >= 11 is 5.66. The topological polar surface area (TPSA) is 43.4 Å². The number of carbonyl (C=O) groups excluding carboxylic acids is 2. The van der Waals surface area contributed by atoms with Crippen molar-refractivity contribution in [1.82, 2.24) is 0 Å². The van der Waals surface area contributed by atoms with Gasteiger partial charge >= 0.3 is 12.1 Å². The Kier molecular flexibility index (Phi) is 5.56. The van der Waals surface area contributed by atoms with Gasteiger partial charge in [-0.3, -0.25) is 9.59 Å². The third-order valence-electron chi connectivity index (χ3n) is 2.52. The van der Waals surface area contributed by atoms with Crippen molar-refractivity contribution in [3.05, 3.63) is 34.9 Å². The van der Waals surface area contributed by atoms with Crippen LogP contribution in [0.5, 0.6) is 0 Å². The van der Waals surface area contributed by atoms with E-state index in [2.05, 4.69) is 4.74 Å². The van der Waals surface area contributed by atoms with Gasteiger partial charge in [0, 0.05) is 5.02 Å². The molecule has 0 saturated heterocycles. The fourth-order valence-corrected chi connectivity index (χ4v) is 1.71. The van der Waals surface area contributed by atoms with Gasteiger partial charge in [-0.15, -0.1) is 0 Å². The number of benzene rings is 1. The van der Waals surface area contributed by atoms with E-state index in [1.54, 1.807) is 0 Å². The number of ether oxygens (including phenoxy) is 1. The lowest BCUT2D eigenvalue weighted by Gasteiger charge is -2.16. The fraction of sp³-hybridized carbons (Fsp3) is 0.385. The average molecular weight is 309 g/mol. The highest BCUT2D eigenvalue weighted by molar-refractivity contribution is 6.30. The summed E-state index contributed by atoms with van der Waals surface area (Å²) in [6, 6.07) is 5.85. The van der Waals surface area contributed by atoms with Crippen LogP contribution in [0.15, 0.2) is 24.3 Å². The van der Waals surface area contributed by atoms with Crippen LogP contribution >= 0.6 is 11.6 Å². The predicted molar refractivity (Wildman–Crippen MR) is 66.3 cm³/mol. The molecule has 0 heterocycles. The minimum Gasteiger partial charge on any atom is -0.465 e. The SMILES string of the molecule is CCOC(=O)C(Cc1ccc(Cl)cc1)C(=O)C(F)(F)F. The molecule has 7 heteroatoms. The largest absolute Gasteiger partial charge is 0.465 e. The van der Waals surface area contributed by atoms with E-state index in [0.717, 1.165) is 0 Å². The van der Waals surface area contributed by atoms with Crippen LogP contribution < -0.4 is 0 Å². The molecule has 0 fully saturated rings. The van der Waals surface area contributed by atoms with Crippen LogP contribution in [0, 0.1) is 5.92 Å². The molecule has 0 aliphatic rings. The summed E-state index contributed by atoms with van der Waals surface area (Å²) in [5.74, 6) is -5.17. The first kappa shape index (κ1) is 16.5. The van der Waals surface area contributed by atoms with Gasteiger partial charge in [0.05, 0.1) is 6.61 Å². The molecule has 1 aromatic carbocycles. The Labute approximate surface area is 118 Å². The smallest absolute Gasteiger partial charge is 0.450 e. The highest BCUT2D eigenvalue weighted by atomic mass is 35.5. The molecule has 1 atom stereocenters. The van der Waals surface area contributed by atoms with Gasteiger partial charge in [0.25, 0.3) is 5.78 Å². The van der Waals surface area contributed by atoms with Crippen molar-refractivity contribution >= 4 is 23.4 Å². The summed E-state index contributed by atoms with van der Waals surface area (Å²) in [5, 5.41) is 0.406. The number of esters is 1. The molecular formula is C13H12ClF3O3. The standard InChI is InChI=1S/C13H12ClF3O3/c1-2-20-12(19)10(11(18)13(15,16)17)7-8-3-5-9(14)6-4-8/h3-6,10H,2,7H2,1H3. The zero-order valence-electron chi connectivity index (χ0n) is 10.5. The van der Waals surface area contributed by atoms with E-state index in [9.17, 15) is 22.8 Å². The van der Waals surface area contributed by atoms with Crippen LogP contribution in [-0.2, 0) is 20.7 Å². The van der Waals surface area contributed by atoms with Crippen LogP contribution in [0.25, 0.3) is 0 Å². The van der Waals surface area contributed by atoms with Crippen LogP contribution in [-0.4, -0.2) is 24.5 Å². The number of ketones is 1. The lowest BCUT2D eigenvalue weighted by atomic mass is 9.95. The summed E-state index contributed by atoms with van der Waals surface area (Å²) in [6.07, 6.45) is -5.46. The van der Waals surface area contributed by atoms with Gasteiger partial charge in [0.1, 0.15) is 5.92 Å². The lowest BCUT2D eigenvalue weighted by Crippen LogP contribution is -2.37. The second kappa shape index (κ2) is 6.74. The average Bonchev–Trinajstić information content (AvgIpc) is 2.36. The Morgan fingerprint density at radius 1 is 1.25 bits per heavy atom. The Hall–Kier alpha value is -1.56. The maximum Gasteiger partial charge on any atom is 0.450 e. The van der Waals surface area contributed by atoms with Crippen LogP contribution in [0.2, 0.25) is 5.02 Å². The highest BCUT2D eigenvalue weighted by Crippen LogP contribution is 2.25. The van der Waals surface area contributed by atoms with Gasteiger partial charge in [0.2, 0.25) is 0 Å². The van der Waals surface area contributed by atoms with Crippen molar-refractivity contribution in [2.75, 3.05) is 6.61 Å². The third kappa shape index (κ3) is 4.52. The second-order valence-corrected chi connectivity index (χ2v) is 4.43. The molecule has 0 aliphatic carbocycles. The van der Waals surface area contributed by atoms with Gasteiger partial charge in [-0.1, -0.05) is 23.7 Å². The molecule has 1 aromatic rings. The monoisotopic (exact) mass is 308 g/mol. The Balaban J connectivity index is 2.96. The molecule has 0 N–H and O–H groups in total. The van der Waals surface area contributed by atoms with Gasteiger partial charge in [-0.2, -0.15) is 13.2 Å². The number of hydrogen-bond donors (Lipinski definition) is 0. The Bertz CT molecular complexity index is 483. The number of carbonyl (C=O) groups is 2. The molecule has 0 aliphatic heterocycles. The minimum absolute atomic E-state index is 0.0961. The summed E-state index contributed by atoms with van der Waals surface area (Å²) in [4.78, 5) is 22.8. The molecule has 0 bridgehead atoms. The van der Waals surface area contributed by atoms with E-state index >= 15 is 0 Å². The molecule has 110 valence electrons. The maximum absolute atomic E-state index is 12.5. The maximum atomic E-state index is 12.5. The zero-order chi connectivity index (χ0) is 15.3. The van der Waals surface area contributed by atoms with Crippen LogP contribution in [0.3, 0.4) is 0 Å². The summed E-state index contributed by atoms with van der Waals surface area (Å²) < 4.78 is 42.0. The molecule has 0 spiro atoms. The normalized spacial score (nSPS) is 12.8. The van der Waals surface area contributed by atoms with E-state index in [-0.39, 0.29) is 13.0 Å². The Morgan fingerprint density at radius 3 is 2.25 bits per heavy atom. The fourth-order valence-electron chi connectivity index (χ4n) is 1.58. The molecule has 0 aromatic heterocycles. The van der Waals surface area contributed by atoms with E-state index in [4.69, 9.17) is 11.6 Å². The van der Waals surface area contributed by atoms with E-state index in [1.807, 2.05) is 0 Å². The first-order valence-corrected chi connectivity index (χ1v) is 6.15. The molecule has 1 unspecified atom stereocenters. The van der Waals surface area contributed by atoms with Crippen molar-refractivity contribution < 1.29 is 27.5 Å². The van der Waals surface area contributed by atoms with Crippen molar-refractivity contribution in [2.45, 2.75) is 19.5 Å². The third-order valence-corrected chi connectivity index (χ3v) is 2.77. The van der Waals surface area contributed by atoms with Crippen molar-refractivity contribution in [3.63, 3.8) is 0 Å². The van der Waals surface area contributed by atoms with Gasteiger partial charge in [-0.25, -0.2) is 0 Å². The van der Waals surface area contributed by atoms with Gasteiger partial charge in [0.15, 0.2) is 0 Å². The number of Topliss-reactive ketones (excluding diaryl/α,β-unsaturated/α-hetero) is 1. The first-order chi connectivity index (χ1) is 9.25. The summed E-state index contributed by atoms with van der Waals surface area (Å²) in [5.41, 5.74) is 0.394. The minimum atomic E-state index is -5.08. The zero-order valence-corrected chi connectivity index (χ0v) is 11.3. The molecule has 1 rings (SSSR count). The van der Waals surface area contributed by atoms with Gasteiger partial charge in [-0.05, 0) is 31.0 Å². The highest BCUT2D eigenvalue weighted by Gasteiger charge is 2.46. The molecule has 0 saturated carbocycles. The van der Waals surface area contributed by atoms with E-state index < -0.39 is 23.8 Å². The quantitative estimate of drug-likeness (QED) is 0.620. The number of hydrogen-bond acceptors (Lipinski definition) is 3. The van der Waals surface area contributed by atoms with Crippen molar-refractivity contribution in [1.29, 1.82) is 0 Å². The number of alkyl halides is 3. The summed E-state index contributed by atoms with van der Waals surface area (Å²) in [6.45, 7) is 1.36. The van der Waals surface area contributed by atoms with Crippen molar-refractivity contribution in [3.8, 4) is 0 Å². The number of rotatable bonds is 5. The van der Waals surface area contributed by atoms with Crippen LogP contribution in [0.1, 0.15) is 12.5 Å². The predicted octanol–water partition coefficient (Wildman–Crippen LogP) is 3.19. The van der Waals surface area contributed by atoms with E-state index in [1.165, 1.54) is 31.2 Å². The van der Waals surface area contributed by atoms with Crippen LogP contribution in [0.4, 0.5) is 13.2 Å². The molecule has 3 nitrogen and oxygen atoms in total. The van der Waals surface area contributed by atoms with E-state index in [0.29, 0.717) is 10.6 Å². The first-order valence-electron chi connectivity index (χ1n) is 5.77. The lowest BCUT2D eigenvalue weighted by molar-refractivity contribution is -0.180. The summed E-state index contributed by atoms with van der Waals surface area (Å²) in [7, 11) is 0. The molecule has 20 heavy (non-hydrogen) atoms. The Morgan fingerprint density at radius 2 is 1.80 bits per heavy atom.